The van der Waals surface area contributed by atoms with E-state index in [2.05, 4.69) is 74.9 Å². The van der Waals surface area contributed by atoms with Crippen LogP contribution in [0.2, 0.25) is 25.1 Å². The highest BCUT2D eigenvalue weighted by molar-refractivity contribution is 7.13. The Morgan fingerprint density at radius 3 is 1.14 bits per heavy atom. The predicted molar refractivity (Wildman–Crippen MR) is 525 cm³/mol. The molecule has 0 aliphatic rings. The summed E-state index contributed by atoms with van der Waals surface area (Å²) in [5, 5.41) is 23.8. The summed E-state index contributed by atoms with van der Waals surface area (Å²) in [6.45, 7) is 29.7. The van der Waals surface area contributed by atoms with Gasteiger partial charge in [-0.3, -0.25) is 53.0 Å². The maximum Gasteiger partial charge on any atom is 0.277 e. The zero-order valence-electron chi connectivity index (χ0n) is 77.2. The van der Waals surface area contributed by atoms with Gasteiger partial charge in [0.05, 0.1) is 84.2 Å². The van der Waals surface area contributed by atoms with Crippen molar-refractivity contribution in [1.29, 1.82) is 0 Å². The number of halogens is 5. The van der Waals surface area contributed by atoms with Crippen molar-refractivity contribution in [3.63, 3.8) is 0 Å². The van der Waals surface area contributed by atoms with Crippen LogP contribution in [-0.2, 0) is 114 Å². The molecule has 0 aliphatic carbocycles. The number of rotatable bonds is 35. The number of Topliss-reactive ketones (excluding diaryl/α,β-unsaturated/α-hetero) is 5. The quantitative estimate of drug-likeness (QED) is 0.0335. The average Bonchev–Trinajstić information content (AvgIpc) is 1.69. The number of benzene rings is 5. The van der Waals surface area contributed by atoms with Gasteiger partial charge < -0.3 is 23.7 Å². The number of thiophene rings is 2. The average molecular weight is 1930 g/mol. The minimum atomic E-state index is -0.842. The van der Waals surface area contributed by atoms with Crippen LogP contribution in [0.3, 0.4) is 0 Å². The van der Waals surface area contributed by atoms with Gasteiger partial charge in [0, 0.05) is 79.2 Å². The predicted octanol–water partition coefficient (Wildman–Crippen LogP) is 22.7. The highest BCUT2D eigenvalue weighted by Gasteiger charge is 2.33. The molecule has 15 aromatic rings. The lowest BCUT2D eigenvalue weighted by Crippen LogP contribution is -2.48. The van der Waals surface area contributed by atoms with Gasteiger partial charge in [-0.05, 0) is 263 Å². The maximum absolute atomic E-state index is 11.7. The Labute approximate surface area is 809 Å². The molecule has 0 unspecified atom stereocenters. The van der Waals surface area contributed by atoms with E-state index in [1.54, 1.807) is 131 Å². The molecule has 0 atom stereocenters. The van der Waals surface area contributed by atoms with Crippen LogP contribution in [0.15, 0.2) is 272 Å². The van der Waals surface area contributed by atoms with Gasteiger partial charge in [0.15, 0.2) is 41.3 Å². The van der Waals surface area contributed by atoms with Crippen LogP contribution in [0.1, 0.15) is 149 Å². The van der Waals surface area contributed by atoms with E-state index < -0.39 is 28.0 Å². The third-order valence-corrected chi connectivity index (χ3v) is 25.4. The number of ether oxygens (including phenoxy) is 5. The van der Waals surface area contributed by atoms with Crippen molar-refractivity contribution in [2.45, 2.75) is 198 Å². The standard InChI is InChI=1S/3C21H22ClN3O2.2C20H22ClN2O2S/c1-15(26)21(2,3)27-14-19-12-20(17-4-6-18(22)7-5-17)25(24-19)13-16-8-10-23-11-9-16;1-15(26)21(2,3)27-14-19-11-20(17-6-8-18(22)9-7-17)25(24-19)13-16-5-4-10-23-12-16;1-15(26)21(2,3)27-14-19-12-20(16-7-9-17(22)10-8-16)25(24-19)13-18-6-4-5-11-23-18;1-15(24)20(2,3)25-14-22-11-10-18(19-9-6-12-26-19)23(22)13-16-7-4-5-8-17(16)21;1-15(24)20(2,3)25-14-22-10-8-19(17-9-11-26-13-17)23(22)12-16-6-4-5-7-18(16)21/h3*4-12H,13-14H2,1-3H3;4-12H,13-14H2,1-3H3;4-11,13H,12,14H2,1-3H3/q;;;2*+1. The normalized spacial score (nSPS) is 11.6. The lowest BCUT2D eigenvalue weighted by molar-refractivity contribution is -0.806. The van der Waals surface area contributed by atoms with Gasteiger partial charge in [-0.2, -0.15) is 26.6 Å². The van der Waals surface area contributed by atoms with Gasteiger partial charge in [-0.1, -0.05) is 158 Å². The van der Waals surface area contributed by atoms with E-state index in [-0.39, 0.29) is 62.2 Å². The molecule has 15 rings (SSSR count). The number of carbonyl (C=O) groups excluding carboxylic acids is 5. The van der Waals surface area contributed by atoms with E-state index >= 15 is 0 Å². The topological polar surface area (TPSA) is 241 Å². The highest BCUT2D eigenvalue weighted by atomic mass is 35.5. The summed E-state index contributed by atoms with van der Waals surface area (Å²) >= 11 is 34.1. The molecule has 692 valence electrons. The van der Waals surface area contributed by atoms with Gasteiger partial charge in [-0.15, -0.1) is 20.7 Å². The summed E-state index contributed by atoms with van der Waals surface area (Å²) in [6.07, 6.45) is 12.8. The van der Waals surface area contributed by atoms with Gasteiger partial charge in [0.1, 0.15) is 52.5 Å². The second kappa shape index (κ2) is 47.0. The molecule has 0 fully saturated rings. The molecule has 0 amide bonds. The van der Waals surface area contributed by atoms with Crippen molar-refractivity contribution in [1.82, 2.24) is 53.7 Å². The van der Waals surface area contributed by atoms with E-state index in [1.807, 2.05) is 230 Å². The SMILES string of the molecule is CC(=O)C(C)(C)OC[n+]1ccc(-c2cccs2)n1Cc1ccccc1Cl.CC(=O)C(C)(C)OC[n+]1ccc(-c2ccsc2)n1Cc1ccccc1Cl.CC(=O)C(C)(C)OCc1cc(-c2ccc(Cl)cc2)n(Cc2ccccn2)n1.CC(=O)C(C)(C)OCc1cc(-c2ccc(Cl)cc2)n(Cc2cccnc2)n1.CC(=O)C(C)(C)OCc1cc(-c2ccc(Cl)cc2)n(Cc2ccncc2)n1. The molecule has 0 saturated heterocycles. The molecule has 0 bridgehead atoms. The molecule has 0 spiro atoms. The first kappa shape index (κ1) is 102. The lowest BCUT2D eigenvalue weighted by atomic mass is 10.1. The molecule has 0 aliphatic heterocycles. The fourth-order valence-electron chi connectivity index (χ4n) is 12.6. The summed E-state index contributed by atoms with van der Waals surface area (Å²) in [7, 11) is 0. The summed E-state index contributed by atoms with van der Waals surface area (Å²) in [5.41, 5.74) is 12.4. The van der Waals surface area contributed by atoms with E-state index in [9.17, 15) is 24.0 Å². The van der Waals surface area contributed by atoms with Crippen LogP contribution in [0.25, 0.3) is 55.6 Å². The van der Waals surface area contributed by atoms with Crippen LogP contribution in [0.5, 0.6) is 0 Å². The highest BCUT2D eigenvalue weighted by Crippen LogP contribution is 2.33. The summed E-state index contributed by atoms with van der Waals surface area (Å²) in [6, 6.07) is 68.4. The van der Waals surface area contributed by atoms with E-state index in [0.717, 1.165) is 106 Å². The molecule has 133 heavy (non-hydrogen) atoms. The van der Waals surface area contributed by atoms with E-state index in [0.29, 0.717) is 47.8 Å². The van der Waals surface area contributed by atoms with Crippen molar-refractivity contribution in [2.24, 2.45) is 0 Å². The van der Waals surface area contributed by atoms with Crippen molar-refractivity contribution < 1.29 is 57.0 Å². The third-order valence-electron chi connectivity index (χ3n) is 22.3. The van der Waals surface area contributed by atoms with Crippen molar-refractivity contribution in [2.75, 3.05) is 0 Å². The maximum atomic E-state index is 11.7. The molecule has 0 radical (unpaired) electrons. The van der Waals surface area contributed by atoms with Crippen LogP contribution >= 0.6 is 80.7 Å². The number of carbonyl (C=O) groups is 5. The second-order valence-corrected chi connectivity index (χ2v) is 37.8. The van der Waals surface area contributed by atoms with Gasteiger partial charge in [0.25, 0.3) is 13.5 Å². The Morgan fingerprint density at radius 2 is 0.759 bits per heavy atom. The fraction of sp³-hybridized carbons (Fsp3) is 0.291. The van der Waals surface area contributed by atoms with Crippen LogP contribution < -0.4 is 9.36 Å². The lowest BCUT2D eigenvalue weighted by Gasteiger charge is -2.21. The monoisotopic (exact) mass is 1930 g/mol. The number of hydrogen-bond donors (Lipinski definition) is 0. The number of hydrogen-bond acceptors (Lipinski definition) is 18. The Kier molecular flexibility index (Phi) is 36.1. The molecule has 10 aromatic heterocycles. The zero-order valence-corrected chi connectivity index (χ0v) is 82.6. The number of aromatic nitrogens is 13. The summed E-state index contributed by atoms with van der Waals surface area (Å²) in [5.74, 6) is -0.0543. The van der Waals surface area contributed by atoms with Crippen molar-refractivity contribution in [3.05, 3.63) is 342 Å². The summed E-state index contributed by atoms with van der Waals surface area (Å²) in [4.78, 5) is 72.3. The fourth-order valence-corrected chi connectivity index (χ4v) is 14.8. The third kappa shape index (κ3) is 29.3. The molecular weight excluding hydrogens is 1820 g/mol. The molecule has 30 heteroatoms. The summed E-state index contributed by atoms with van der Waals surface area (Å²) < 4.78 is 43.1. The van der Waals surface area contributed by atoms with Gasteiger partial charge >= 0.3 is 0 Å². The minimum absolute atomic E-state index is 0.000341. The Hall–Kier alpha value is -11.4. The first-order valence-corrected chi connectivity index (χ1v) is 46.7. The van der Waals surface area contributed by atoms with Crippen LogP contribution in [0.4, 0.5) is 0 Å². The van der Waals surface area contributed by atoms with Gasteiger partial charge in [0.2, 0.25) is 0 Å². The minimum Gasteiger partial charge on any atom is -0.361 e. The van der Waals surface area contributed by atoms with E-state index in [1.165, 1.54) is 25.6 Å². The molecule has 0 N–H and O–H groups in total. The molecular formula is C103H110Cl5N13O10S2+2. The Bertz CT molecular complexity index is 5820. The van der Waals surface area contributed by atoms with Crippen molar-refractivity contribution in [3.8, 4) is 55.6 Å². The molecule has 10 heterocycles. The molecule has 23 nitrogen and oxygen atoms in total. The van der Waals surface area contributed by atoms with Gasteiger partial charge in [-0.25, -0.2) is 0 Å². The molecule has 0 saturated carbocycles. The number of nitrogens with zero attached hydrogens (tertiary/aromatic N) is 13. The first-order valence-electron chi connectivity index (χ1n) is 42.9. The number of pyridine rings is 3. The van der Waals surface area contributed by atoms with Crippen LogP contribution in [0, 0.1) is 0 Å². The van der Waals surface area contributed by atoms with Crippen LogP contribution in [-0.4, -0.2) is 111 Å². The smallest absolute Gasteiger partial charge is 0.277 e. The largest absolute Gasteiger partial charge is 0.361 e. The Morgan fingerprint density at radius 1 is 0.353 bits per heavy atom. The zero-order chi connectivity index (χ0) is 95.8. The van der Waals surface area contributed by atoms with E-state index in [4.69, 9.17) is 86.8 Å². The number of ketones is 5. The van der Waals surface area contributed by atoms with Crippen molar-refractivity contribution >= 4 is 110 Å². The first-order chi connectivity index (χ1) is 63.3. The molecule has 5 aromatic carbocycles. The Balaban J connectivity index is 0.000000160. The second-order valence-electron chi connectivity index (χ2n) is 33.9.